The highest BCUT2D eigenvalue weighted by atomic mass is 19.3. The molecule has 0 saturated heterocycles. The van der Waals surface area contributed by atoms with E-state index in [0.717, 1.165) is 4.90 Å². The van der Waals surface area contributed by atoms with Gasteiger partial charge in [0.25, 0.3) is 6.43 Å². The molecule has 0 aliphatic rings. The summed E-state index contributed by atoms with van der Waals surface area (Å²) in [6.07, 6.45) is -1.29. The highest BCUT2D eigenvalue weighted by molar-refractivity contribution is 5.85. The van der Waals surface area contributed by atoms with E-state index in [9.17, 15) is 18.4 Å². The molecule has 0 fully saturated rings. The van der Waals surface area contributed by atoms with Gasteiger partial charge in [0, 0.05) is 19.8 Å². The minimum Gasteiger partial charge on any atom is -0.477 e. The maximum absolute atomic E-state index is 12.0. The Labute approximate surface area is 108 Å². The fourth-order valence-electron chi connectivity index (χ4n) is 1.26. The maximum Gasteiger partial charge on any atom is 0.354 e. The number of carboxylic acids is 1. The third-order valence-corrected chi connectivity index (χ3v) is 2.25. The van der Waals surface area contributed by atoms with Gasteiger partial charge in [0.1, 0.15) is 5.69 Å². The van der Waals surface area contributed by atoms with Crippen LogP contribution < -0.4 is 5.32 Å². The predicted octanol–water partition coefficient (Wildman–Crippen LogP) is 1.19. The monoisotopic (exact) mass is 273 g/mol. The third-order valence-electron chi connectivity index (χ3n) is 2.25. The molecule has 0 spiro atoms. The van der Waals surface area contributed by atoms with E-state index in [-0.39, 0.29) is 12.2 Å². The molecule has 8 heteroatoms. The zero-order valence-electron chi connectivity index (χ0n) is 10.1. The van der Waals surface area contributed by atoms with Crippen LogP contribution in [0.2, 0.25) is 0 Å². The fraction of sp³-hybridized carbons (Fsp3) is 0.364. The van der Waals surface area contributed by atoms with Gasteiger partial charge in [-0.15, -0.1) is 0 Å². The lowest BCUT2D eigenvalue weighted by molar-refractivity contribution is 0.0690. The molecule has 0 unspecified atom stereocenters. The standard InChI is InChI=1S/C11H13F2N3O3/c1-16(6-9(12)13)11(19)15-5-7-2-3-8(10(17)18)14-4-7/h2-4,9H,5-6H2,1H3,(H,15,19)(H,17,18). The Morgan fingerprint density at radius 1 is 1.47 bits per heavy atom. The number of alkyl halides is 2. The summed E-state index contributed by atoms with van der Waals surface area (Å²) >= 11 is 0. The largest absolute Gasteiger partial charge is 0.477 e. The number of rotatable bonds is 5. The second kappa shape index (κ2) is 6.62. The summed E-state index contributed by atoms with van der Waals surface area (Å²) in [5.74, 6) is -1.15. The van der Waals surface area contributed by atoms with E-state index in [1.165, 1.54) is 25.4 Å². The summed E-state index contributed by atoms with van der Waals surface area (Å²) in [4.78, 5) is 26.5. The molecule has 1 aromatic heterocycles. The summed E-state index contributed by atoms with van der Waals surface area (Å²) in [5, 5.41) is 11.1. The van der Waals surface area contributed by atoms with Gasteiger partial charge in [-0.1, -0.05) is 6.07 Å². The van der Waals surface area contributed by atoms with Crippen molar-refractivity contribution in [3.05, 3.63) is 29.6 Å². The van der Waals surface area contributed by atoms with Gasteiger partial charge in [-0.05, 0) is 11.6 Å². The van der Waals surface area contributed by atoms with Crippen molar-refractivity contribution in [3.8, 4) is 0 Å². The number of hydrogen-bond acceptors (Lipinski definition) is 3. The molecular formula is C11H13F2N3O3. The molecule has 2 N–H and O–H groups in total. The SMILES string of the molecule is CN(CC(F)F)C(=O)NCc1ccc(C(=O)O)nc1. The van der Waals surface area contributed by atoms with E-state index in [1.54, 1.807) is 0 Å². The Kier molecular flexibility index (Phi) is 5.16. The number of urea groups is 1. The van der Waals surface area contributed by atoms with Crippen molar-refractivity contribution < 1.29 is 23.5 Å². The number of nitrogens with one attached hydrogen (secondary N) is 1. The van der Waals surface area contributed by atoms with E-state index in [4.69, 9.17) is 5.11 Å². The molecule has 0 bridgehead atoms. The van der Waals surface area contributed by atoms with Gasteiger partial charge >= 0.3 is 12.0 Å². The number of carbonyl (C=O) groups is 2. The van der Waals surface area contributed by atoms with E-state index >= 15 is 0 Å². The van der Waals surface area contributed by atoms with Gasteiger partial charge in [-0.2, -0.15) is 0 Å². The van der Waals surface area contributed by atoms with E-state index in [1.807, 2.05) is 0 Å². The van der Waals surface area contributed by atoms with E-state index in [0.29, 0.717) is 5.56 Å². The predicted molar refractivity (Wildman–Crippen MR) is 62.1 cm³/mol. The van der Waals surface area contributed by atoms with Crippen molar-refractivity contribution >= 4 is 12.0 Å². The van der Waals surface area contributed by atoms with Gasteiger partial charge in [-0.3, -0.25) is 0 Å². The lowest BCUT2D eigenvalue weighted by Gasteiger charge is -2.17. The average molecular weight is 273 g/mol. The number of hydrogen-bond donors (Lipinski definition) is 2. The number of nitrogens with zero attached hydrogens (tertiary/aromatic N) is 2. The fourth-order valence-corrected chi connectivity index (χ4v) is 1.26. The third kappa shape index (κ3) is 4.86. The summed E-state index contributed by atoms with van der Waals surface area (Å²) in [5.41, 5.74) is 0.466. The molecule has 19 heavy (non-hydrogen) atoms. The molecule has 1 heterocycles. The average Bonchev–Trinajstić information content (AvgIpc) is 2.35. The molecule has 0 aliphatic heterocycles. The van der Waals surface area contributed by atoms with Gasteiger partial charge < -0.3 is 15.3 Å². The lowest BCUT2D eigenvalue weighted by atomic mass is 10.2. The number of halogens is 2. The maximum atomic E-state index is 12.0. The van der Waals surface area contributed by atoms with Crippen LogP contribution in [0, 0.1) is 0 Å². The summed E-state index contributed by atoms with van der Waals surface area (Å²) in [6, 6.07) is 2.15. The molecule has 104 valence electrons. The van der Waals surface area contributed by atoms with Crippen LogP contribution in [-0.4, -0.2) is 47.0 Å². The van der Waals surface area contributed by atoms with Crippen molar-refractivity contribution in [1.29, 1.82) is 0 Å². The number of amides is 2. The van der Waals surface area contributed by atoms with Gasteiger partial charge in [0.2, 0.25) is 0 Å². The molecule has 0 aliphatic carbocycles. The van der Waals surface area contributed by atoms with Crippen LogP contribution >= 0.6 is 0 Å². The Hall–Kier alpha value is -2.25. The van der Waals surface area contributed by atoms with Crippen molar-refractivity contribution in [2.75, 3.05) is 13.6 Å². The van der Waals surface area contributed by atoms with Crippen molar-refractivity contribution in [2.24, 2.45) is 0 Å². The summed E-state index contributed by atoms with van der Waals surface area (Å²) in [7, 11) is 1.26. The van der Waals surface area contributed by atoms with Crippen LogP contribution in [-0.2, 0) is 6.54 Å². The molecule has 0 saturated carbocycles. The minimum absolute atomic E-state index is 0.0826. The molecule has 1 rings (SSSR count). The second-order valence-electron chi connectivity index (χ2n) is 3.79. The van der Waals surface area contributed by atoms with E-state index < -0.39 is 25.0 Å². The molecule has 0 aromatic carbocycles. The number of aromatic carboxylic acids is 1. The highest BCUT2D eigenvalue weighted by Gasteiger charge is 2.13. The minimum atomic E-state index is -2.59. The normalized spacial score (nSPS) is 10.3. The van der Waals surface area contributed by atoms with Crippen molar-refractivity contribution in [2.45, 2.75) is 13.0 Å². The Morgan fingerprint density at radius 2 is 2.16 bits per heavy atom. The number of pyridine rings is 1. The molecule has 2 amide bonds. The Morgan fingerprint density at radius 3 is 2.63 bits per heavy atom. The molecule has 6 nitrogen and oxygen atoms in total. The lowest BCUT2D eigenvalue weighted by Crippen LogP contribution is -2.39. The van der Waals surface area contributed by atoms with Gasteiger partial charge in [0.05, 0.1) is 6.54 Å². The van der Waals surface area contributed by atoms with Crippen molar-refractivity contribution in [3.63, 3.8) is 0 Å². The molecule has 0 atom stereocenters. The van der Waals surface area contributed by atoms with Gasteiger partial charge in [0.15, 0.2) is 0 Å². The van der Waals surface area contributed by atoms with Crippen LogP contribution in [0.25, 0.3) is 0 Å². The Balaban J connectivity index is 2.48. The molecule has 1 aromatic rings. The van der Waals surface area contributed by atoms with Gasteiger partial charge in [-0.25, -0.2) is 23.4 Å². The first-order valence-corrected chi connectivity index (χ1v) is 5.35. The smallest absolute Gasteiger partial charge is 0.354 e. The first-order valence-electron chi connectivity index (χ1n) is 5.35. The van der Waals surface area contributed by atoms with Crippen LogP contribution in [0.4, 0.5) is 13.6 Å². The first-order chi connectivity index (χ1) is 8.90. The highest BCUT2D eigenvalue weighted by Crippen LogP contribution is 2.01. The second-order valence-corrected chi connectivity index (χ2v) is 3.79. The van der Waals surface area contributed by atoms with Crippen molar-refractivity contribution in [1.82, 2.24) is 15.2 Å². The number of carbonyl (C=O) groups excluding carboxylic acids is 1. The summed E-state index contributed by atoms with van der Waals surface area (Å²) < 4.78 is 24.1. The van der Waals surface area contributed by atoms with Crippen LogP contribution in [0.5, 0.6) is 0 Å². The molecular weight excluding hydrogens is 260 g/mol. The zero-order chi connectivity index (χ0) is 14.4. The number of aromatic nitrogens is 1. The topological polar surface area (TPSA) is 82.5 Å². The quantitative estimate of drug-likeness (QED) is 0.844. The van der Waals surface area contributed by atoms with Crippen LogP contribution in [0.1, 0.15) is 16.1 Å². The van der Waals surface area contributed by atoms with E-state index in [2.05, 4.69) is 10.3 Å². The van der Waals surface area contributed by atoms with Crippen LogP contribution in [0.15, 0.2) is 18.3 Å². The first kappa shape index (κ1) is 14.8. The molecule has 0 radical (unpaired) electrons. The Bertz CT molecular complexity index is 451. The summed E-state index contributed by atoms with van der Waals surface area (Å²) in [6.45, 7) is -0.568. The zero-order valence-corrected chi connectivity index (χ0v) is 10.1. The van der Waals surface area contributed by atoms with Crippen LogP contribution in [0.3, 0.4) is 0 Å². The number of carboxylic acid groups (broad SMARTS) is 1.